The number of nitrogens with zero attached hydrogens (tertiary/aromatic N) is 1. The van der Waals surface area contributed by atoms with Crippen molar-refractivity contribution in [2.45, 2.75) is 19.4 Å². The summed E-state index contributed by atoms with van der Waals surface area (Å²) in [5.74, 6) is 0.262. The zero-order valence-corrected chi connectivity index (χ0v) is 17.7. The maximum absolute atomic E-state index is 12.2. The van der Waals surface area contributed by atoms with Crippen LogP contribution >= 0.6 is 0 Å². The van der Waals surface area contributed by atoms with Gasteiger partial charge in [0.2, 0.25) is 5.91 Å². The summed E-state index contributed by atoms with van der Waals surface area (Å²) in [6.07, 6.45) is 1.66. The average molecular weight is 422 g/mol. The van der Waals surface area contributed by atoms with E-state index in [2.05, 4.69) is 42.5 Å². The SMILES string of the molecule is O=C1Cc2ccccc2N1CCC[NH+]1CC[NH+](Cc2ccccc2)CC1.[Cl-].[Cl-]. The molecular formula is C22H29Cl2N3O. The molecule has 1 fully saturated rings. The number of nitrogens with one attached hydrogen (secondary N) is 2. The summed E-state index contributed by atoms with van der Waals surface area (Å²) in [7, 11) is 0. The van der Waals surface area contributed by atoms with Gasteiger partial charge in [0.1, 0.15) is 32.7 Å². The van der Waals surface area contributed by atoms with Crippen molar-refractivity contribution < 1.29 is 39.4 Å². The minimum absolute atomic E-state index is 0. The molecule has 0 saturated carbocycles. The normalized spacial score (nSPS) is 20.9. The van der Waals surface area contributed by atoms with Crippen LogP contribution in [0.15, 0.2) is 54.6 Å². The van der Waals surface area contributed by atoms with E-state index < -0.39 is 0 Å². The number of benzene rings is 2. The second kappa shape index (κ2) is 10.8. The molecule has 4 nitrogen and oxygen atoms in total. The molecule has 2 aromatic carbocycles. The number of hydrogen-bond acceptors (Lipinski definition) is 1. The van der Waals surface area contributed by atoms with E-state index >= 15 is 0 Å². The van der Waals surface area contributed by atoms with Gasteiger partial charge in [0.15, 0.2) is 0 Å². The highest BCUT2D eigenvalue weighted by Crippen LogP contribution is 2.28. The fourth-order valence-electron chi connectivity index (χ4n) is 4.32. The number of para-hydroxylation sites is 1. The Hall–Kier alpha value is -1.59. The lowest BCUT2D eigenvalue weighted by molar-refractivity contribution is -1.02. The maximum Gasteiger partial charge on any atom is 0.231 e. The number of halogens is 2. The van der Waals surface area contributed by atoms with E-state index in [9.17, 15) is 4.79 Å². The Labute approximate surface area is 180 Å². The Bertz CT molecular complexity index is 748. The van der Waals surface area contributed by atoms with Crippen LogP contribution in [0.1, 0.15) is 17.5 Å². The van der Waals surface area contributed by atoms with Crippen LogP contribution in [0.5, 0.6) is 0 Å². The van der Waals surface area contributed by atoms with Gasteiger partial charge in [0.25, 0.3) is 0 Å². The van der Waals surface area contributed by atoms with Crippen LogP contribution in [0.2, 0.25) is 0 Å². The number of quaternary nitrogens is 2. The van der Waals surface area contributed by atoms with Crippen LogP contribution in [0.3, 0.4) is 0 Å². The summed E-state index contributed by atoms with van der Waals surface area (Å²) >= 11 is 0. The van der Waals surface area contributed by atoms with Crippen molar-refractivity contribution in [2.75, 3.05) is 44.2 Å². The number of rotatable bonds is 6. The fourth-order valence-corrected chi connectivity index (χ4v) is 4.32. The fraction of sp³-hybridized carbons (Fsp3) is 0.409. The Morgan fingerprint density at radius 3 is 2.21 bits per heavy atom. The van der Waals surface area contributed by atoms with Crippen molar-refractivity contribution in [3.63, 3.8) is 0 Å². The molecule has 2 heterocycles. The molecule has 0 aliphatic carbocycles. The third-order valence-corrected chi connectivity index (χ3v) is 5.80. The molecule has 1 saturated heterocycles. The Morgan fingerprint density at radius 2 is 1.46 bits per heavy atom. The minimum Gasteiger partial charge on any atom is -1.00 e. The standard InChI is InChI=1S/C22H27N3O.2ClH/c26-22-17-20-9-4-5-10-21(20)25(22)12-6-11-23-13-15-24(16-14-23)18-19-7-2-1-3-8-19;;/h1-5,7-10H,6,11-18H2;2*1H. The first kappa shape index (κ1) is 22.7. The molecule has 0 atom stereocenters. The molecule has 0 unspecified atom stereocenters. The quantitative estimate of drug-likeness (QED) is 0.477. The predicted molar refractivity (Wildman–Crippen MR) is 104 cm³/mol. The van der Waals surface area contributed by atoms with E-state index in [1.807, 2.05) is 17.0 Å². The summed E-state index contributed by atoms with van der Waals surface area (Å²) in [5, 5.41) is 0. The van der Waals surface area contributed by atoms with Crippen molar-refractivity contribution in [3.8, 4) is 0 Å². The molecule has 2 aromatic rings. The van der Waals surface area contributed by atoms with Crippen LogP contribution in [-0.4, -0.2) is 45.2 Å². The second-order valence-electron chi connectivity index (χ2n) is 7.62. The van der Waals surface area contributed by atoms with E-state index in [-0.39, 0.29) is 30.7 Å². The highest BCUT2D eigenvalue weighted by Gasteiger charge is 2.27. The molecule has 0 spiro atoms. The van der Waals surface area contributed by atoms with Gasteiger partial charge in [-0.1, -0.05) is 48.5 Å². The molecule has 2 aliphatic heterocycles. The molecular weight excluding hydrogens is 393 g/mol. The monoisotopic (exact) mass is 421 g/mol. The third-order valence-electron chi connectivity index (χ3n) is 5.80. The van der Waals surface area contributed by atoms with Gasteiger partial charge in [0, 0.05) is 24.2 Å². The van der Waals surface area contributed by atoms with E-state index in [0.29, 0.717) is 6.42 Å². The largest absolute Gasteiger partial charge is 1.00 e. The lowest BCUT2D eigenvalue weighted by Crippen LogP contribution is -3.27. The molecule has 28 heavy (non-hydrogen) atoms. The molecule has 4 rings (SSSR count). The maximum atomic E-state index is 12.2. The van der Waals surface area contributed by atoms with Crippen LogP contribution in [0.25, 0.3) is 0 Å². The first-order chi connectivity index (χ1) is 12.8. The van der Waals surface area contributed by atoms with Crippen LogP contribution in [0, 0.1) is 0 Å². The number of hydrogen-bond donors (Lipinski definition) is 2. The van der Waals surface area contributed by atoms with E-state index in [4.69, 9.17) is 0 Å². The molecule has 1 amide bonds. The molecule has 152 valence electrons. The molecule has 0 aromatic heterocycles. The Balaban J connectivity index is 0.00000140. The van der Waals surface area contributed by atoms with Gasteiger partial charge in [-0.2, -0.15) is 0 Å². The van der Waals surface area contributed by atoms with E-state index in [1.165, 1.54) is 43.9 Å². The van der Waals surface area contributed by atoms with E-state index in [1.54, 1.807) is 9.80 Å². The minimum atomic E-state index is 0. The lowest BCUT2D eigenvalue weighted by Gasteiger charge is -2.30. The highest BCUT2D eigenvalue weighted by atomic mass is 35.5. The Morgan fingerprint density at radius 1 is 0.821 bits per heavy atom. The molecule has 0 bridgehead atoms. The van der Waals surface area contributed by atoms with Gasteiger partial charge in [-0.25, -0.2) is 0 Å². The van der Waals surface area contributed by atoms with Crippen LogP contribution in [-0.2, 0) is 17.8 Å². The van der Waals surface area contributed by atoms with Crippen LogP contribution in [0.4, 0.5) is 5.69 Å². The molecule has 6 heteroatoms. The van der Waals surface area contributed by atoms with Gasteiger partial charge in [-0.05, 0) is 11.6 Å². The predicted octanol–water partition coefficient (Wildman–Crippen LogP) is -6.04. The van der Waals surface area contributed by atoms with Gasteiger partial charge in [0.05, 0.1) is 13.0 Å². The van der Waals surface area contributed by atoms with Crippen molar-refractivity contribution in [1.29, 1.82) is 0 Å². The molecule has 2 aliphatic rings. The number of carbonyl (C=O) groups excluding carboxylic acids is 1. The average Bonchev–Trinajstić information content (AvgIpc) is 2.99. The summed E-state index contributed by atoms with van der Waals surface area (Å²) in [5.41, 5.74) is 3.75. The molecule has 2 N–H and O–H groups in total. The zero-order valence-electron chi connectivity index (χ0n) is 16.2. The Kier molecular flexibility index (Phi) is 8.77. The summed E-state index contributed by atoms with van der Waals surface area (Å²) < 4.78 is 0. The third kappa shape index (κ3) is 5.48. The van der Waals surface area contributed by atoms with Gasteiger partial charge < -0.3 is 39.5 Å². The van der Waals surface area contributed by atoms with Gasteiger partial charge in [-0.3, -0.25) is 4.79 Å². The number of piperazine rings is 1. The summed E-state index contributed by atoms with van der Waals surface area (Å²) in [6, 6.07) is 19.0. The molecule has 0 radical (unpaired) electrons. The number of amides is 1. The first-order valence-corrected chi connectivity index (χ1v) is 9.89. The zero-order chi connectivity index (χ0) is 17.8. The highest BCUT2D eigenvalue weighted by molar-refractivity contribution is 6.01. The summed E-state index contributed by atoms with van der Waals surface area (Å²) in [6.45, 7) is 8.16. The van der Waals surface area contributed by atoms with E-state index in [0.717, 1.165) is 25.2 Å². The number of fused-ring (bicyclic) bond motifs is 1. The van der Waals surface area contributed by atoms with Crippen molar-refractivity contribution >= 4 is 11.6 Å². The lowest BCUT2D eigenvalue weighted by atomic mass is 10.2. The van der Waals surface area contributed by atoms with Crippen molar-refractivity contribution in [2.24, 2.45) is 0 Å². The topological polar surface area (TPSA) is 29.2 Å². The number of carbonyl (C=O) groups is 1. The first-order valence-electron chi connectivity index (χ1n) is 9.89. The summed E-state index contributed by atoms with van der Waals surface area (Å²) in [4.78, 5) is 17.6. The van der Waals surface area contributed by atoms with Gasteiger partial charge >= 0.3 is 0 Å². The van der Waals surface area contributed by atoms with Gasteiger partial charge in [-0.15, -0.1) is 0 Å². The van der Waals surface area contributed by atoms with Crippen molar-refractivity contribution in [3.05, 3.63) is 65.7 Å². The second-order valence-corrected chi connectivity index (χ2v) is 7.62. The van der Waals surface area contributed by atoms with Crippen molar-refractivity contribution in [1.82, 2.24) is 0 Å². The number of anilines is 1. The smallest absolute Gasteiger partial charge is 0.231 e. The van der Waals surface area contributed by atoms with Crippen LogP contribution < -0.4 is 39.5 Å².